The van der Waals surface area contributed by atoms with Crippen molar-refractivity contribution in [2.45, 2.75) is 26.2 Å². The third-order valence-corrected chi connectivity index (χ3v) is 2.40. The fraction of sp³-hybridized carbons (Fsp3) is 0.400. The van der Waals surface area contributed by atoms with Gasteiger partial charge in [0.25, 0.3) is 0 Å². The molecule has 0 saturated carbocycles. The Morgan fingerprint density at radius 1 is 1.44 bits per heavy atom. The van der Waals surface area contributed by atoms with Gasteiger partial charge in [-0.15, -0.1) is 0 Å². The van der Waals surface area contributed by atoms with E-state index in [1.807, 2.05) is 20.8 Å². The summed E-state index contributed by atoms with van der Waals surface area (Å²) in [5.74, 6) is 0. The quantitative estimate of drug-likeness (QED) is 0.473. The van der Waals surface area contributed by atoms with Gasteiger partial charge in [0.05, 0.1) is 4.92 Å². The molecule has 1 radical (unpaired) electrons. The molecule has 0 aliphatic rings. The van der Waals surface area contributed by atoms with Gasteiger partial charge >= 0.3 is 20.0 Å². The summed E-state index contributed by atoms with van der Waals surface area (Å²) in [5.41, 5.74) is 1.31. The first kappa shape index (κ1) is 12.3. The number of aromatic nitrogens is 2. The molecule has 2 aromatic rings. The molecule has 18 heavy (non-hydrogen) atoms. The molecular weight excluding hydrogens is 235 g/mol. The van der Waals surface area contributed by atoms with Gasteiger partial charge in [0.15, 0.2) is 0 Å². The van der Waals surface area contributed by atoms with E-state index in [1.54, 1.807) is 6.07 Å². The van der Waals surface area contributed by atoms with Crippen LogP contribution >= 0.6 is 0 Å². The molecule has 0 amide bonds. The van der Waals surface area contributed by atoms with Crippen molar-refractivity contribution in [3.63, 3.8) is 0 Å². The minimum atomic E-state index is -0.487. The molecule has 2 rings (SSSR count). The van der Waals surface area contributed by atoms with E-state index >= 15 is 0 Å². The fourth-order valence-corrected chi connectivity index (χ4v) is 1.61. The average molecular weight is 248 g/mol. The second-order valence-corrected chi connectivity index (χ2v) is 4.60. The molecule has 1 N–H and O–H groups in total. The van der Waals surface area contributed by atoms with Gasteiger partial charge in [0.1, 0.15) is 5.52 Å². The van der Waals surface area contributed by atoms with Gasteiger partial charge in [0.2, 0.25) is 5.52 Å². The van der Waals surface area contributed by atoms with Crippen LogP contribution in [0.4, 0.5) is 5.69 Å². The van der Waals surface area contributed by atoms with Crippen LogP contribution in [0.1, 0.15) is 26.3 Å². The summed E-state index contributed by atoms with van der Waals surface area (Å²) in [5, 5.41) is 20.3. The number of hydrogen-bond donors (Lipinski definition) is 1. The van der Waals surface area contributed by atoms with E-state index in [9.17, 15) is 10.1 Å². The molecule has 0 unspecified atom stereocenters. The minimum absolute atomic E-state index is 0.0794. The predicted octanol–water partition coefficient (Wildman–Crippen LogP) is 2.35. The van der Waals surface area contributed by atoms with Crippen LogP contribution < -0.4 is 0 Å². The second-order valence-electron chi connectivity index (χ2n) is 4.60. The van der Waals surface area contributed by atoms with Crippen LogP contribution in [0.3, 0.4) is 0 Å². The molecule has 0 atom stereocenters. The first-order valence-corrected chi connectivity index (χ1v) is 5.07. The van der Waals surface area contributed by atoms with Gasteiger partial charge in [-0.2, -0.15) is 0 Å². The molecular formula is C10H12BN4O3. The normalized spacial score (nSPS) is 11.3. The van der Waals surface area contributed by atoms with Gasteiger partial charge in [-0.05, 0) is 27.4 Å². The molecule has 0 aliphatic heterocycles. The third-order valence-electron chi connectivity index (χ3n) is 2.40. The monoisotopic (exact) mass is 248 g/mol. The second kappa shape index (κ2) is 5.03. The number of nitrogens with one attached hydrogen (secondary N) is 1. The maximum atomic E-state index is 10.8. The zero-order chi connectivity index (χ0) is 14.6. The van der Waals surface area contributed by atoms with Crippen LogP contribution in [-0.4, -0.2) is 22.9 Å². The van der Waals surface area contributed by atoms with Crippen molar-refractivity contribution in [3.8, 4) is 0 Å². The van der Waals surface area contributed by atoms with Gasteiger partial charge < -0.3 is 0 Å². The Labute approximate surface area is 106 Å². The van der Waals surface area contributed by atoms with E-state index < -0.39 is 4.92 Å². The number of nitrogens with zero attached hydrogens (tertiary/aromatic N) is 3. The van der Waals surface area contributed by atoms with Crippen LogP contribution in [0.25, 0.3) is 11.0 Å². The summed E-state index contributed by atoms with van der Waals surface area (Å²) in [6, 6.07) is 3.14. The molecule has 93 valence electrons. The number of rotatable bonds is 1. The van der Waals surface area contributed by atoms with Crippen molar-refractivity contribution >= 4 is 24.4 Å². The van der Waals surface area contributed by atoms with Crippen molar-refractivity contribution in [3.05, 3.63) is 27.8 Å². The molecule has 7 nitrogen and oxygen atoms in total. The van der Waals surface area contributed by atoms with E-state index in [-0.39, 0.29) is 16.6 Å². The van der Waals surface area contributed by atoms with Crippen molar-refractivity contribution in [2.24, 2.45) is 0 Å². The summed E-state index contributed by atoms with van der Waals surface area (Å²) in [6.07, 6.45) is 0. The van der Waals surface area contributed by atoms with Crippen molar-refractivity contribution in [1.82, 2.24) is 10.3 Å². The average Bonchev–Trinajstić information content (AvgIpc) is 2.75. The number of fused-ring (bicyclic) bond motifs is 1. The Kier molecular flexibility index (Phi) is 3.45. The zero-order valence-electron chi connectivity index (χ0n) is 11.2. The summed E-state index contributed by atoms with van der Waals surface area (Å²) in [6.45, 7) is 6.01. The Hall–Kier alpha value is -2.12. The summed E-state index contributed by atoms with van der Waals surface area (Å²) in [7, 11) is 4.14. The van der Waals surface area contributed by atoms with Gasteiger partial charge in [-0.25, -0.2) is 4.63 Å². The number of nitro groups is 1. The van der Waals surface area contributed by atoms with Crippen LogP contribution in [0.2, 0.25) is 1.41 Å². The van der Waals surface area contributed by atoms with E-state index in [0.29, 0.717) is 5.52 Å². The van der Waals surface area contributed by atoms with Gasteiger partial charge in [-0.1, -0.05) is 20.8 Å². The van der Waals surface area contributed by atoms with Gasteiger partial charge in [-0.3, -0.25) is 10.1 Å². The molecule has 1 heterocycles. The number of benzene rings is 1. The topological polar surface area (TPSA) is 106 Å². The third kappa shape index (κ3) is 2.42. The standard InChI is InChI=1S/C10H11N3O3.BHN/c1-10(2,3)6-4-5-7(13(14)15)9-8(6)11-16-12-9;1-2/h4-5H,1-3H3;2H/i;2D. The maximum absolute atomic E-state index is 10.8. The Morgan fingerprint density at radius 2 is 2.00 bits per heavy atom. The number of hydrogen-bond acceptors (Lipinski definition) is 6. The van der Waals surface area contributed by atoms with Crippen molar-refractivity contribution < 1.29 is 11.0 Å². The van der Waals surface area contributed by atoms with Crippen LogP contribution in [0.15, 0.2) is 16.8 Å². The van der Waals surface area contributed by atoms with Crippen LogP contribution in [-0.2, 0) is 5.41 Å². The SMILES string of the molecule is CC(C)(C)c1ccc([N+](=O)[O-])c2nonc12.[2H]N=[B]. The molecule has 8 heteroatoms. The molecule has 0 aliphatic carbocycles. The van der Waals surface area contributed by atoms with E-state index in [2.05, 4.69) is 27.9 Å². The predicted molar refractivity (Wildman–Crippen MR) is 65.6 cm³/mol. The Bertz CT molecular complexity index is 608. The van der Waals surface area contributed by atoms with E-state index in [0.717, 1.165) is 5.56 Å². The fourth-order valence-electron chi connectivity index (χ4n) is 1.61. The summed E-state index contributed by atoms with van der Waals surface area (Å²) in [4.78, 5) is 10.3. The molecule has 0 bridgehead atoms. The zero-order valence-corrected chi connectivity index (χ0v) is 10.2. The van der Waals surface area contributed by atoms with E-state index in [1.165, 1.54) is 6.07 Å². The summed E-state index contributed by atoms with van der Waals surface area (Å²) >= 11 is 0. The molecule has 0 spiro atoms. The first-order valence-electron chi connectivity index (χ1n) is 5.52. The first-order chi connectivity index (χ1) is 8.82. The van der Waals surface area contributed by atoms with Crippen molar-refractivity contribution in [1.29, 1.82) is 5.31 Å². The molecule has 1 aromatic carbocycles. The summed E-state index contributed by atoms with van der Waals surface area (Å²) < 4.78 is 10.2. The Morgan fingerprint density at radius 3 is 2.50 bits per heavy atom. The van der Waals surface area contributed by atoms with Gasteiger partial charge in [0, 0.05) is 6.07 Å². The Balaban J connectivity index is 0.000000550. The van der Waals surface area contributed by atoms with Crippen LogP contribution in [0, 0.1) is 15.4 Å². The number of non-ortho nitro benzene ring substituents is 1. The van der Waals surface area contributed by atoms with Crippen molar-refractivity contribution in [2.75, 3.05) is 0 Å². The van der Waals surface area contributed by atoms with E-state index in [4.69, 9.17) is 1.41 Å². The molecule has 1 aromatic heterocycles. The number of nitro benzene ring substituents is 1. The molecule has 0 fully saturated rings. The van der Waals surface area contributed by atoms with Crippen LogP contribution in [0.5, 0.6) is 0 Å². The molecule has 0 saturated heterocycles.